The van der Waals surface area contributed by atoms with Crippen molar-refractivity contribution >= 4 is 5.91 Å². The van der Waals surface area contributed by atoms with Crippen LogP contribution in [-0.4, -0.2) is 36.4 Å². The number of amides is 1. The minimum Gasteiger partial charge on any atom is -0.448 e. The molecule has 112 valence electrons. The Bertz CT molecular complexity index is 578. The van der Waals surface area contributed by atoms with Crippen molar-refractivity contribution < 1.29 is 9.21 Å². The van der Waals surface area contributed by atoms with Crippen molar-refractivity contribution in [1.29, 1.82) is 0 Å². The van der Waals surface area contributed by atoms with Crippen molar-refractivity contribution in [3.63, 3.8) is 0 Å². The highest BCUT2D eigenvalue weighted by Crippen LogP contribution is 2.18. The quantitative estimate of drug-likeness (QED) is 0.886. The molecule has 2 rings (SSSR count). The summed E-state index contributed by atoms with van der Waals surface area (Å²) < 4.78 is 5.09. The number of hydrogen-bond donors (Lipinski definition) is 1. The first-order valence-electron chi connectivity index (χ1n) is 6.98. The highest BCUT2D eigenvalue weighted by Gasteiger charge is 2.19. The Morgan fingerprint density at radius 3 is 2.62 bits per heavy atom. The van der Waals surface area contributed by atoms with Crippen LogP contribution in [0.4, 0.5) is 0 Å². The first-order valence-corrected chi connectivity index (χ1v) is 6.98. The number of aryl methyl sites for hydroxylation is 1. The summed E-state index contributed by atoms with van der Waals surface area (Å²) in [7, 11) is 4.04. The van der Waals surface area contributed by atoms with Gasteiger partial charge in [-0.3, -0.25) is 4.79 Å². The summed E-state index contributed by atoms with van der Waals surface area (Å²) >= 11 is 0. The van der Waals surface area contributed by atoms with Crippen molar-refractivity contribution in [1.82, 2.24) is 15.2 Å². The number of carbonyl (C=O) groups excluding carboxylic acids is 1. The number of carbonyl (C=O) groups is 1. The Balaban J connectivity index is 2.12. The average molecular weight is 287 g/mol. The molecule has 1 aromatic heterocycles. The number of nitrogens with zero attached hydrogens (tertiary/aromatic N) is 2. The maximum atomic E-state index is 12.3. The third kappa shape index (κ3) is 4.16. The number of benzene rings is 1. The van der Waals surface area contributed by atoms with Crippen LogP contribution in [0.25, 0.3) is 0 Å². The molecule has 2 aromatic rings. The largest absolute Gasteiger partial charge is 0.448 e. The number of rotatable bonds is 6. The predicted molar refractivity (Wildman–Crippen MR) is 81.1 cm³/mol. The molecule has 0 fully saturated rings. The first kappa shape index (κ1) is 15.3. The van der Waals surface area contributed by atoms with E-state index in [4.69, 9.17) is 4.42 Å². The van der Waals surface area contributed by atoms with Gasteiger partial charge in [0, 0.05) is 0 Å². The van der Waals surface area contributed by atoms with Crippen LogP contribution in [0, 0.1) is 6.92 Å². The van der Waals surface area contributed by atoms with Crippen molar-refractivity contribution in [2.45, 2.75) is 19.4 Å². The van der Waals surface area contributed by atoms with Gasteiger partial charge >= 0.3 is 0 Å². The van der Waals surface area contributed by atoms with Gasteiger partial charge in [-0.25, -0.2) is 4.98 Å². The fraction of sp³-hybridized carbons (Fsp3) is 0.375. The van der Waals surface area contributed by atoms with Crippen molar-refractivity contribution in [2.24, 2.45) is 0 Å². The zero-order valence-corrected chi connectivity index (χ0v) is 12.7. The molecule has 5 nitrogen and oxygen atoms in total. The van der Waals surface area contributed by atoms with E-state index in [2.05, 4.69) is 15.2 Å². The van der Waals surface area contributed by atoms with E-state index in [9.17, 15) is 4.79 Å². The minimum atomic E-state index is -0.200. The maximum absolute atomic E-state index is 12.3. The molecule has 0 aliphatic carbocycles. The normalized spacial score (nSPS) is 12.4. The smallest absolute Gasteiger partial charge is 0.274 e. The maximum Gasteiger partial charge on any atom is 0.274 e. The SMILES string of the molecule is Cc1ocnc1C(=O)NC(CCN(C)C)c1ccccc1. The second kappa shape index (κ2) is 7.04. The molecular weight excluding hydrogens is 266 g/mol. The fourth-order valence-corrected chi connectivity index (χ4v) is 2.14. The molecule has 1 heterocycles. The van der Waals surface area contributed by atoms with Gasteiger partial charge in [0.1, 0.15) is 5.76 Å². The van der Waals surface area contributed by atoms with Crippen molar-refractivity contribution in [3.8, 4) is 0 Å². The number of hydrogen-bond acceptors (Lipinski definition) is 4. The lowest BCUT2D eigenvalue weighted by Crippen LogP contribution is -2.31. The van der Waals surface area contributed by atoms with E-state index in [0.29, 0.717) is 11.5 Å². The summed E-state index contributed by atoms with van der Waals surface area (Å²) in [5, 5.41) is 3.04. The zero-order valence-electron chi connectivity index (χ0n) is 12.7. The molecule has 1 unspecified atom stereocenters. The van der Waals surface area contributed by atoms with Gasteiger partial charge in [0.05, 0.1) is 6.04 Å². The molecule has 1 amide bonds. The molecule has 5 heteroatoms. The molecule has 0 saturated carbocycles. The van der Waals surface area contributed by atoms with Crippen LogP contribution in [0.2, 0.25) is 0 Å². The zero-order chi connectivity index (χ0) is 15.2. The van der Waals surface area contributed by atoms with Gasteiger partial charge in [0.15, 0.2) is 12.1 Å². The topological polar surface area (TPSA) is 58.4 Å². The Hall–Kier alpha value is -2.14. The second-order valence-corrected chi connectivity index (χ2v) is 5.29. The van der Waals surface area contributed by atoms with Gasteiger partial charge in [-0.2, -0.15) is 0 Å². The molecule has 0 saturated heterocycles. The van der Waals surface area contributed by atoms with Crippen LogP contribution in [0.3, 0.4) is 0 Å². The van der Waals surface area contributed by atoms with E-state index >= 15 is 0 Å². The highest BCUT2D eigenvalue weighted by molar-refractivity contribution is 5.93. The van der Waals surface area contributed by atoms with Crippen LogP contribution in [0.1, 0.15) is 34.3 Å². The average Bonchev–Trinajstić information content (AvgIpc) is 2.90. The van der Waals surface area contributed by atoms with E-state index in [-0.39, 0.29) is 11.9 Å². The summed E-state index contributed by atoms with van der Waals surface area (Å²) in [6, 6.07) is 9.93. The molecule has 0 aliphatic rings. The van der Waals surface area contributed by atoms with E-state index in [1.54, 1.807) is 6.92 Å². The lowest BCUT2D eigenvalue weighted by atomic mass is 10.0. The van der Waals surface area contributed by atoms with E-state index < -0.39 is 0 Å². The van der Waals surface area contributed by atoms with E-state index in [0.717, 1.165) is 18.5 Å². The predicted octanol–water partition coefficient (Wildman–Crippen LogP) is 2.41. The molecular formula is C16H21N3O2. The van der Waals surface area contributed by atoms with Gasteiger partial charge in [-0.05, 0) is 39.5 Å². The summed E-state index contributed by atoms with van der Waals surface area (Å²) in [5.74, 6) is 0.334. The molecule has 0 aliphatic heterocycles. The molecule has 1 aromatic carbocycles. The van der Waals surface area contributed by atoms with Crippen molar-refractivity contribution in [3.05, 3.63) is 53.7 Å². The van der Waals surface area contributed by atoms with Crippen LogP contribution in [0.5, 0.6) is 0 Å². The monoisotopic (exact) mass is 287 g/mol. The highest BCUT2D eigenvalue weighted by atomic mass is 16.3. The summed E-state index contributed by atoms with van der Waals surface area (Å²) in [5.41, 5.74) is 1.44. The standard InChI is InChI=1S/C16H21N3O2/c1-12-15(17-11-21-12)16(20)18-14(9-10-19(2)3)13-7-5-4-6-8-13/h4-8,11,14H,9-10H2,1-3H3,(H,18,20). The van der Waals surface area contributed by atoms with Gasteiger partial charge in [0.25, 0.3) is 5.91 Å². The Kier molecular flexibility index (Phi) is 5.11. The first-order chi connectivity index (χ1) is 10.1. The van der Waals surface area contributed by atoms with Crippen LogP contribution >= 0.6 is 0 Å². The lowest BCUT2D eigenvalue weighted by Gasteiger charge is -2.21. The van der Waals surface area contributed by atoms with E-state index in [1.807, 2.05) is 44.4 Å². The molecule has 0 bridgehead atoms. The fourth-order valence-electron chi connectivity index (χ4n) is 2.14. The number of aromatic nitrogens is 1. The molecule has 0 spiro atoms. The van der Waals surface area contributed by atoms with Gasteiger partial charge in [0.2, 0.25) is 0 Å². The number of nitrogens with one attached hydrogen (secondary N) is 1. The summed E-state index contributed by atoms with van der Waals surface area (Å²) in [6.45, 7) is 2.62. The van der Waals surface area contributed by atoms with Crippen LogP contribution in [0.15, 0.2) is 41.1 Å². The lowest BCUT2D eigenvalue weighted by molar-refractivity contribution is 0.0927. The Morgan fingerprint density at radius 1 is 1.33 bits per heavy atom. The molecule has 1 atom stereocenters. The number of oxazole rings is 1. The van der Waals surface area contributed by atoms with E-state index in [1.165, 1.54) is 6.39 Å². The Labute approximate surface area is 125 Å². The summed E-state index contributed by atoms with van der Waals surface area (Å²) in [6.07, 6.45) is 2.13. The second-order valence-electron chi connectivity index (χ2n) is 5.29. The summed E-state index contributed by atoms with van der Waals surface area (Å²) in [4.78, 5) is 18.4. The molecule has 21 heavy (non-hydrogen) atoms. The molecule has 0 radical (unpaired) electrons. The van der Waals surface area contributed by atoms with Crippen LogP contribution < -0.4 is 5.32 Å². The van der Waals surface area contributed by atoms with Gasteiger partial charge < -0.3 is 14.6 Å². The molecule has 1 N–H and O–H groups in total. The van der Waals surface area contributed by atoms with Crippen LogP contribution in [-0.2, 0) is 0 Å². The van der Waals surface area contributed by atoms with Crippen molar-refractivity contribution in [2.75, 3.05) is 20.6 Å². The third-order valence-electron chi connectivity index (χ3n) is 3.33. The minimum absolute atomic E-state index is 0.0443. The third-order valence-corrected chi connectivity index (χ3v) is 3.33. The Morgan fingerprint density at radius 2 is 2.05 bits per heavy atom. The van der Waals surface area contributed by atoms with Gasteiger partial charge in [-0.15, -0.1) is 0 Å². The van der Waals surface area contributed by atoms with Gasteiger partial charge in [-0.1, -0.05) is 30.3 Å².